The molecule has 2 aromatic carbocycles. The molecule has 0 bridgehead atoms. The number of aromatic nitrogens is 2. The van der Waals surface area contributed by atoms with E-state index >= 15 is 0 Å². The van der Waals surface area contributed by atoms with Crippen LogP contribution in [0.5, 0.6) is 5.88 Å². The molecule has 0 aliphatic rings. The molecule has 0 aliphatic heterocycles. The number of nitrogens with two attached hydrogens (primary N) is 1. The van der Waals surface area contributed by atoms with Gasteiger partial charge in [-0.05, 0) is 49.9 Å². The largest absolute Gasteiger partial charge is 0.479 e. The predicted molar refractivity (Wildman–Crippen MR) is 121 cm³/mol. The topological polar surface area (TPSA) is 94.1 Å². The van der Waals surface area contributed by atoms with Gasteiger partial charge in [0.05, 0.1) is 18.1 Å². The highest BCUT2D eigenvalue weighted by molar-refractivity contribution is 5.79. The Bertz CT molecular complexity index is 988. The number of para-hydroxylation sites is 2. The fourth-order valence-electron chi connectivity index (χ4n) is 3.44. The van der Waals surface area contributed by atoms with E-state index in [0.717, 1.165) is 54.4 Å². The maximum absolute atomic E-state index is 7.70. The third-order valence-corrected chi connectivity index (χ3v) is 4.88. The number of nitrogens with zero attached hydrogens (tertiary/aromatic N) is 2. The Morgan fingerprint density at radius 3 is 2.47 bits per heavy atom. The molecule has 6 heteroatoms. The SMILES string of the molecule is COc1nc2ccccc2nc1-c1cccc(CCCCCCC(=N)OC(C)N)c1. The molecule has 30 heavy (non-hydrogen) atoms. The Hall–Kier alpha value is -2.99. The van der Waals surface area contributed by atoms with Gasteiger partial charge in [0.25, 0.3) is 0 Å². The Labute approximate surface area is 178 Å². The maximum Gasteiger partial charge on any atom is 0.240 e. The number of hydrogen-bond acceptors (Lipinski definition) is 6. The predicted octanol–water partition coefficient (Wildman–Crippen LogP) is 5.10. The lowest BCUT2D eigenvalue weighted by atomic mass is 10.0. The second-order valence-electron chi connectivity index (χ2n) is 7.43. The van der Waals surface area contributed by atoms with Gasteiger partial charge < -0.3 is 9.47 Å². The molecule has 3 N–H and O–H groups in total. The van der Waals surface area contributed by atoms with Crippen LogP contribution in [0.2, 0.25) is 0 Å². The molecule has 1 unspecified atom stereocenters. The summed E-state index contributed by atoms with van der Waals surface area (Å²) in [4.78, 5) is 9.39. The molecule has 1 aromatic heterocycles. The summed E-state index contributed by atoms with van der Waals surface area (Å²) >= 11 is 0. The summed E-state index contributed by atoms with van der Waals surface area (Å²) in [6, 6.07) is 16.3. The standard InChI is InChI=1S/C24H30N4O2/c1-17(25)30-22(26)15-6-4-3-5-10-18-11-9-12-19(16-18)23-24(29-2)28-21-14-8-7-13-20(21)27-23/h7-9,11-14,16-17,26H,3-6,10,15,25H2,1-2H3. The van der Waals surface area contributed by atoms with Crippen molar-refractivity contribution in [3.05, 3.63) is 54.1 Å². The normalized spacial score (nSPS) is 12.0. The van der Waals surface area contributed by atoms with Crippen molar-refractivity contribution < 1.29 is 9.47 Å². The number of ether oxygens (including phenoxy) is 2. The van der Waals surface area contributed by atoms with Crippen molar-refractivity contribution in [3.8, 4) is 17.1 Å². The van der Waals surface area contributed by atoms with Crippen LogP contribution < -0.4 is 10.5 Å². The van der Waals surface area contributed by atoms with E-state index in [1.807, 2.05) is 24.3 Å². The van der Waals surface area contributed by atoms with Crippen LogP contribution in [0.3, 0.4) is 0 Å². The average molecular weight is 407 g/mol. The van der Waals surface area contributed by atoms with Crippen molar-refractivity contribution in [2.75, 3.05) is 7.11 Å². The molecule has 158 valence electrons. The van der Waals surface area contributed by atoms with E-state index in [1.54, 1.807) is 14.0 Å². The summed E-state index contributed by atoms with van der Waals surface area (Å²) < 4.78 is 10.7. The molecule has 0 fully saturated rings. The van der Waals surface area contributed by atoms with E-state index in [0.29, 0.717) is 12.3 Å². The molecule has 1 heterocycles. The van der Waals surface area contributed by atoms with E-state index in [2.05, 4.69) is 29.2 Å². The van der Waals surface area contributed by atoms with E-state index in [-0.39, 0.29) is 5.90 Å². The second kappa shape index (κ2) is 10.7. The van der Waals surface area contributed by atoms with Crippen molar-refractivity contribution in [2.45, 2.75) is 51.7 Å². The van der Waals surface area contributed by atoms with Crippen molar-refractivity contribution in [3.63, 3.8) is 0 Å². The fourth-order valence-corrected chi connectivity index (χ4v) is 3.44. The van der Waals surface area contributed by atoms with E-state index in [9.17, 15) is 0 Å². The van der Waals surface area contributed by atoms with Gasteiger partial charge in [0.15, 0.2) is 5.90 Å². The first-order valence-corrected chi connectivity index (χ1v) is 10.5. The first kappa shape index (κ1) is 21.7. The fraction of sp³-hybridized carbons (Fsp3) is 0.375. The molecule has 0 saturated carbocycles. The van der Waals surface area contributed by atoms with Crippen molar-refractivity contribution >= 4 is 16.9 Å². The highest BCUT2D eigenvalue weighted by Crippen LogP contribution is 2.29. The molecule has 0 radical (unpaired) electrons. The van der Waals surface area contributed by atoms with Crippen LogP contribution in [-0.4, -0.2) is 29.2 Å². The van der Waals surface area contributed by atoms with Gasteiger partial charge in [-0.1, -0.05) is 43.2 Å². The molecule has 0 spiro atoms. The molecular weight excluding hydrogens is 376 g/mol. The molecule has 0 aliphatic carbocycles. The van der Waals surface area contributed by atoms with Gasteiger partial charge in [-0.3, -0.25) is 11.1 Å². The Morgan fingerprint density at radius 2 is 1.73 bits per heavy atom. The van der Waals surface area contributed by atoms with Crippen LogP contribution in [0.4, 0.5) is 0 Å². The van der Waals surface area contributed by atoms with Gasteiger partial charge >= 0.3 is 0 Å². The van der Waals surface area contributed by atoms with Gasteiger partial charge in [-0.25, -0.2) is 9.97 Å². The molecule has 0 saturated heterocycles. The van der Waals surface area contributed by atoms with E-state index in [1.165, 1.54) is 5.56 Å². The zero-order chi connectivity index (χ0) is 21.3. The number of rotatable bonds is 10. The number of hydrogen-bond donors (Lipinski definition) is 2. The first-order valence-electron chi connectivity index (χ1n) is 10.5. The van der Waals surface area contributed by atoms with Gasteiger partial charge in [0.1, 0.15) is 11.9 Å². The zero-order valence-corrected chi connectivity index (χ0v) is 17.7. The Morgan fingerprint density at radius 1 is 1.00 bits per heavy atom. The Balaban J connectivity index is 1.58. The minimum absolute atomic E-state index is 0.281. The molecule has 3 rings (SSSR count). The summed E-state index contributed by atoms with van der Waals surface area (Å²) in [7, 11) is 1.63. The lowest BCUT2D eigenvalue weighted by Gasteiger charge is -2.11. The average Bonchev–Trinajstić information content (AvgIpc) is 2.75. The molecule has 6 nitrogen and oxygen atoms in total. The van der Waals surface area contributed by atoms with Crippen molar-refractivity contribution in [1.82, 2.24) is 9.97 Å². The quantitative estimate of drug-likeness (QED) is 0.211. The summed E-state index contributed by atoms with van der Waals surface area (Å²) in [6.07, 6.45) is 5.50. The number of aryl methyl sites for hydroxylation is 1. The van der Waals surface area contributed by atoms with Crippen LogP contribution >= 0.6 is 0 Å². The summed E-state index contributed by atoms with van der Waals surface area (Å²) in [5.74, 6) is 0.824. The minimum atomic E-state index is -0.407. The highest BCUT2D eigenvalue weighted by Gasteiger charge is 2.12. The first-order chi connectivity index (χ1) is 14.6. The number of nitrogens with one attached hydrogen (secondary N) is 1. The van der Waals surface area contributed by atoms with Crippen LogP contribution in [0.25, 0.3) is 22.3 Å². The Kier molecular flexibility index (Phi) is 7.74. The summed E-state index contributed by atoms with van der Waals surface area (Å²) in [6.45, 7) is 1.74. The minimum Gasteiger partial charge on any atom is -0.479 e. The third-order valence-electron chi connectivity index (χ3n) is 4.88. The van der Waals surface area contributed by atoms with Crippen LogP contribution in [0, 0.1) is 5.41 Å². The van der Waals surface area contributed by atoms with Gasteiger partial charge in [0.2, 0.25) is 5.88 Å². The van der Waals surface area contributed by atoms with Gasteiger partial charge in [0, 0.05) is 12.0 Å². The van der Waals surface area contributed by atoms with Crippen LogP contribution in [-0.2, 0) is 11.2 Å². The van der Waals surface area contributed by atoms with Crippen LogP contribution in [0.15, 0.2) is 48.5 Å². The number of unbranched alkanes of at least 4 members (excludes halogenated alkanes) is 3. The lowest BCUT2D eigenvalue weighted by Crippen LogP contribution is -2.22. The molecule has 1 atom stereocenters. The number of fused-ring (bicyclic) bond motifs is 1. The van der Waals surface area contributed by atoms with E-state index in [4.69, 9.17) is 25.6 Å². The zero-order valence-electron chi connectivity index (χ0n) is 17.7. The van der Waals surface area contributed by atoms with Gasteiger partial charge in [-0.2, -0.15) is 0 Å². The maximum atomic E-state index is 7.70. The summed E-state index contributed by atoms with van der Waals surface area (Å²) in [5.41, 5.74) is 10.3. The molecule has 0 amide bonds. The third kappa shape index (κ3) is 6.00. The van der Waals surface area contributed by atoms with Crippen molar-refractivity contribution in [1.29, 1.82) is 5.41 Å². The molecule has 3 aromatic rings. The monoisotopic (exact) mass is 406 g/mol. The highest BCUT2D eigenvalue weighted by atomic mass is 16.5. The number of benzene rings is 2. The van der Waals surface area contributed by atoms with E-state index < -0.39 is 6.23 Å². The lowest BCUT2D eigenvalue weighted by molar-refractivity contribution is 0.206. The van der Waals surface area contributed by atoms with Crippen LogP contribution in [0.1, 0.15) is 44.6 Å². The van der Waals surface area contributed by atoms with Crippen molar-refractivity contribution in [2.24, 2.45) is 5.73 Å². The van der Waals surface area contributed by atoms with Gasteiger partial charge in [-0.15, -0.1) is 0 Å². The second-order valence-corrected chi connectivity index (χ2v) is 7.43. The number of methoxy groups -OCH3 is 1. The summed E-state index contributed by atoms with van der Waals surface area (Å²) in [5, 5.41) is 7.70. The smallest absolute Gasteiger partial charge is 0.240 e. The molecular formula is C24H30N4O2.